The van der Waals surface area contributed by atoms with Crippen molar-refractivity contribution >= 4 is 40.6 Å². The lowest BCUT2D eigenvalue weighted by Gasteiger charge is -2.18. The number of hydrogen-bond donors (Lipinski definition) is 2. The molecule has 1 heterocycles. The Balaban J connectivity index is 1.66. The van der Waals surface area contributed by atoms with Crippen LogP contribution >= 0.6 is 0 Å². The average Bonchev–Trinajstić information content (AvgIpc) is 3.21. The lowest BCUT2D eigenvalue weighted by molar-refractivity contribution is -0.136. The minimum Gasteiger partial charge on any atom is -0.481 e. The number of rotatable bonds is 10. The predicted molar refractivity (Wildman–Crippen MR) is 149 cm³/mol. The van der Waals surface area contributed by atoms with Gasteiger partial charge in [-0.15, -0.1) is 0 Å². The summed E-state index contributed by atoms with van der Waals surface area (Å²) in [6.07, 6.45) is 1.08. The zero-order chi connectivity index (χ0) is 28.1. The van der Waals surface area contributed by atoms with Crippen LogP contribution in [0.5, 0.6) is 0 Å². The molecule has 1 unspecified atom stereocenters. The number of carboxylic acid groups (broad SMARTS) is 1. The zero-order valence-electron chi connectivity index (χ0n) is 22.1. The summed E-state index contributed by atoms with van der Waals surface area (Å²) in [5.74, 6) is -2.50. The van der Waals surface area contributed by atoms with Gasteiger partial charge in [-0.1, -0.05) is 30.3 Å². The van der Waals surface area contributed by atoms with Crippen molar-refractivity contribution < 1.29 is 23.9 Å². The first-order chi connectivity index (χ1) is 18.6. The Morgan fingerprint density at radius 2 is 1.69 bits per heavy atom. The van der Waals surface area contributed by atoms with Crippen molar-refractivity contribution in [3.05, 3.63) is 89.2 Å². The standard InChI is InChI=1S/C30H31FN4O4/c1-34(2)16-4-5-26(36)35(3)23-13-11-22(12-14-23)32-29(20-8-6-19(7-9-20)17-27(37)38)28-24-15-10-21(31)18-25(24)33-30(28)39/h6-15,18,28H,4-5,16-17H2,1-3H3,(H,33,39)(H,37,38). The molecule has 3 aromatic rings. The van der Waals surface area contributed by atoms with E-state index in [9.17, 15) is 18.8 Å². The van der Waals surface area contributed by atoms with Gasteiger partial charge in [0.15, 0.2) is 0 Å². The second kappa shape index (κ2) is 12.0. The zero-order valence-corrected chi connectivity index (χ0v) is 22.1. The van der Waals surface area contributed by atoms with E-state index in [1.807, 2.05) is 19.0 Å². The van der Waals surface area contributed by atoms with Gasteiger partial charge in [-0.25, -0.2) is 4.39 Å². The Morgan fingerprint density at radius 1 is 1.00 bits per heavy atom. The van der Waals surface area contributed by atoms with E-state index >= 15 is 0 Å². The van der Waals surface area contributed by atoms with Crippen molar-refractivity contribution in [2.24, 2.45) is 4.99 Å². The number of carbonyl (C=O) groups excluding carboxylic acids is 2. The molecule has 0 saturated heterocycles. The number of aliphatic imine (C=N–C) groups is 1. The third kappa shape index (κ3) is 6.74. The molecule has 0 saturated carbocycles. The minimum atomic E-state index is -0.941. The second-order valence-electron chi connectivity index (χ2n) is 9.79. The largest absolute Gasteiger partial charge is 0.481 e. The molecule has 2 amide bonds. The average molecular weight is 531 g/mol. The molecule has 39 heavy (non-hydrogen) atoms. The maximum absolute atomic E-state index is 13.8. The summed E-state index contributed by atoms with van der Waals surface area (Å²) < 4.78 is 13.8. The van der Waals surface area contributed by atoms with Crippen molar-refractivity contribution in [2.45, 2.75) is 25.2 Å². The fraction of sp³-hybridized carbons (Fsp3) is 0.267. The van der Waals surface area contributed by atoms with Crippen molar-refractivity contribution in [1.82, 2.24) is 4.90 Å². The molecule has 0 radical (unpaired) electrons. The summed E-state index contributed by atoms with van der Waals surface area (Å²) in [6, 6.07) is 18.2. The number of benzene rings is 3. The van der Waals surface area contributed by atoms with E-state index < -0.39 is 17.7 Å². The van der Waals surface area contributed by atoms with E-state index in [4.69, 9.17) is 10.1 Å². The smallest absolute Gasteiger partial charge is 0.307 e. The quantitative estimate of drug-likeness (QED) is 0.373. The van der Waals surface area contributed by atoms with Crippen molar-refractivity contribution in [3.8, 4) is 0 Å². The minimum absolute atomic E-state index is 0.0155. The molecule has 1 aliphatic rings. The van der Waals surface area contributed by atoms with E-state index in [-0.39, 0.29) is 18.2 Å². The Labute approximate surface area is 226 Å². The topological polar surface area (TPSA) is 102 Å². The Hall–Kier alpha value is -4.37. The summed E-state index contributed by atoms with van der Waals surface area (Å²) in [4.78, 5) is 45.2. The summed E-state index contributed by atoms with van der Waals surface area (Å²) in [5.41, 5.74) is 3.99. The molecule has 3 aromatic carbocycles. The van der Waals surface area contributed by atoms with Gasteiger partial charge in [0.05, 0.1) is 17.8 Å². The molecular weight excluding hydrogens is 499 g/mol. The predicted octanol–water partition coefficient (Wildman–Crippen LogP) is 4.61. The number of nitrogens with one attached hydrogen (secondary N) is 1. The van der Waals surface area contributed by atoms with Gasteiger partial charge in [0.1, 0.15) is 11.7 Å². The molecule has 202 valence electrons. The normalized spacial score (nSPS) is 14.7. The molecule has 0 aromatic heterocycles. The van der Waals surface area contributed by atoms with Crippen LogP contribution in [0.15, 0.2) is 71.7 Å². The van der Waals surface area contributed by atoms with Crippen LogP contribution in [-0.4, -0.2) is 61.2 Å². The van der Waals surface area contributed by atoms with Gasteiger partial charge in [0.25, 0.3) is 0 Å². The maximum Gasteiger partial charge on any atom is 0.307 e. The molecule has 1 atom stereocenters. The first kappa shape index (κ1) is 27.7. The molecule has 9 heteroatoms. The number of aliphatic carboxylic acids is 1. The Morgan fingerprint density at radius 3 is 2.33 bits per heavy atom. The van der Waals surface area contributed by atoms with Gasteiger partial charge in [0.2, 0.25) is 11.8 Å². The van der Waals surface area contributed by atoms with Crippen molar-refractivity contribution in [3.63, 3.8) is 0 Å². The molecule has 0 fully saturated rings. The van der Waals surface area contributed by atoms with E-state index in [1.54, 1.807) is 66.5 Å². The monoisotopic (exact) mass is 530 g/mol. The van der Waals surface area contributed by atoms with Crippen LogP contribution in [0, 0.1) is 5.82 Å². The molecule has 4 rings (SSSR count). The molecule has 2 N–H and O–H groups in total. The number of amides is 2. The van der Waals surface area contributed by atoms with E-state index in [1.165, 1.54) is 12.1 Å². The maximum atomic E-state index is 13.8. The summed E-state index contributed by atoms with van der Waals surface area (Å²) >= 11 is 0. The highest BCUT2D eigenvalue weighted by Gasteiger charge is 2.35. The summed E-state index contributed by atoms with van der Waals surface area (Å²) in [6.45, 7) is 0.831. The van der Waals surface area contributed by atoms with Crippen LogP contribution in [0.25, 0.3) is 0 Å². The molecule has 0 spiro atoms. The lowest BCUT2D eigenvalue weighted by Crippen LogP contribution is -2.27. The van der Waals surface area contributed by atoms with Crippen LogP contribution in [0.4, 0.5) is 21.5 Å². The van der Waals surface area contributed by atoms with Crippen LogP contribution in [0.2, 0.25) is 0 Å². The fourth-order valence-corrected chi connectivity index (χ4v) is 4.52. The first-order valence-corrected chi connectivity index (χ1v) is 12.6. The van der Waals surface area contributed by atoms with Gasteiger partial charge in [-0.05, 0) is 80.1 Å². The number of fused-ring (bicyclic) bond motifs is 1. The third-order valence-corrected chi connectivity index (χ3v) is 6.58. The van der Waals surface area contributed by atoms with Gasteiger partial charge in [-0.2, -0.15) is 0 Å². The Kier molecular flexibility index (Phi) is 8.51. The van der Waals surface area contributed by atoms with E-state index in [0.717, 1.165) is 18.7 Å². The fourth-order valence-electron chi connectivity index (χ4n) is 4.52. The number of nitrogens with zero attached hydrogens (tertiary/aromatic N) is 3. The molecule has 0 bridgehead atoms. The Bertz CT molecular complexity index is 1400. The molecular formula is C30H31FN4O4. The highest BCUT2D eigenvalue weighted by atomic mass is 19.1. The number of hydrogen-bond acceptors (Lipinski definition) is 5. The number of anilines is 2. The van der Waals surface area contributed by atoms with Crippen LogP contribution < -0.4 is 10.2 Å². The van der Waals surface area contributed by atoms with Crippen LogP contribution in [-0.2, 0) is 20.8 Å². The van der Waals surface area contributed by atoms with Gasteiger partial charge >= 0.3 is 5.97 Å². The van der Waals surface area contributed by atoms with E-state index in [0.29, 0.717) is 40.2 Å². The van der Waals surface area contributed by atoms with Crippen molar-refractivity contribution in [2.75, 3.05) is 37.9 Å². The second-order valence-corrected chi connectivity index (χ2v) is 9.79. The molecule has 8 nitrogen and oxygen atoms in total. The van der Waals surface area contributed by atoms with Crippen molar-refractivity contribution in [1.29, 1.82) is 0 Å². The van der Waals surface area contributed by atoms with Gasteiger partial charge in [-0.3, -0.25) is 19.4 Å². The number of halogens is 1. The third-order valence-electron chi connectivity index (χ3n) is 6.58. The SMILES string of the molecule is CN(C)CCCC(=O)N(C)c1ccc(N=C(c2ccc(CC(=O)O)cc2)C2C(=O)Nc3cc(F)ccc32)cc1. The number of carbonyl (C=O) groups is 3. The van der Waals surface area contributed by atoms with Crippen LogP contribution in [0.1, 0.15) is 35.4 Å². The lowest BCUT2D eigenvalue weighted by atomic mass is 9.90. The highest BCUT2D eigenvalue weighted by Crippen LogP contribution is 2.37. The number of carboxylic acids is 1. The van der Waals surface area contributed by atoms with Crippen LogP contribution in [0.3, 0.4) is 0 Å². The highest BCUT2D eigenvalue weighted by molar-refractivity contribution is 6.24. The summed E-state index contributed by atoms with van der Waals surface area (Å²) in [5, 5.41) is 11.8. The molecule has 0 aliphatic carbocycles. The van der Waals surface area contributed by atoms with Gasteiger partial charge < -0.3 is 20.2 Å². The summed E-state index contributed by atoms with van der Waals surface area (Å²) in [7, 11) is 5.68. The first-order valence-electron chi connectivity index (χ1n) is 12.6. The van der Waals surface area contributed by atoms with E-state index in [2.05, 4.69) is 5.32 Å². The molecule has 1 aliphatic heterocycles. The van der Waals surface area contributed by atoms with Gasteiger partial charge in [0, 0.05) is 24.8 Å².